The predicted octanol–water partition coefficient (Wildman–Crippen LogP) is 2.53. The van der Waals surface area contributed by atoms with Crippen molar-refractivity contribution in [3.8, 4) is 0 Å². The van der Waals surface area contributed by atoms with Crippen LogP contribution in [0.1, 0.15) is 43.0 Å². The molecule has 0 bridgehead atoms. The quantitative estimate of drug-likeness (QED) is 0.746. The van der Waals surface area contributed by atoms with Crippen molar-refractivity contribution in [3.63, 3.8) is 0 Å². The Bertz CT molecular complexity index is 676. The van der Waals surface area contributed by atoms with Crippen LogP contribution < -0.4 is 16.0 Å². The van der Waals surface area contributed by atoms with Crippen molar-refractivity contribution in [2.24, 2.45) is 0 Å². The monoisotopic (exact) mass is 352 g/mol. The standard InChI is InChI=1S/C20H24N4O2/c25-18(24-20(26)23-16-10-4-5-11-16)14-22-19(15-8-2-1-3-9-15)17-12-6-7-13-21-17/h1-3,6-9,12-13,16,19,22H,4-5,10-11,14H2,(H2,23,24,25,26). The Hall–Kier alpha value is -2.73. The minimum absolute atomic E-state index is 0.0220. The van der Waals surface area contributed by atoms with Gasteiger partial charge >= 0.3 is 6.03 Å². The first-order valence-electron chi connectivity index (χ1n) is 9.02. The number of rotatable bonds is 6. The third kappa shape index (κ3) is 5.13. The SMILES string of the molecule is O=C(CNC(c1ccccc1)c1ccccn1)NC(=O)NC1CCCC1. The molecule has 1 heterocycles. The summed E-state index contributed by atoms with van der Waals surface area (Å²) in [7, 11) is 0. The van der Waals surface area contributed by atoms with E-state index in [1.807, 2.05) is 48.5 Å². The predicted molar refractivity (Wildman–Crippen MR) is 99.5 cm³/mol. The second kappa shape index (κ2) is 9.10. The number of amides is 3. The summed E-state index contributed by atoms with van der Waals surface area (Å²) in [6.45, 7) is 0.0220. The highest BCUT2D eigenvalue weighted by atomic mass is 16.2. The van der Waals surface area contributed by atoms with E-state index in [4.69, 9.17) is 0 Å². The van der Waals surface area contributed by atoms with Gasteiger partial charge in [0, 0.05) is 12.2 Å². The van der Waals surface area contributed by atoms with E-state index in [1.165, 1.54) is 0 Å². The molecule has 1 unspecified atom stereocenters. The smallest absolute Gasteiger partial charge is 0.321 e. The van der Waals surface area contributed by atoms with Crippen LogP contribution in [-0.2, 0) is 4.79 Å². The number of nitrogens with zero attached hydrogens (tertiary/aromatic N) is 1. The fourth-order valence-corrected chi connectivity index (χ4v) is 3.24. The van der Waals surface area contributed by atoms with Crippen molar-refractivity contribution in [2.45, 2.75) is 37.8 Å². The van der Waals surface area contributed by atoms with Crippen LogP contribution in [-0.4, -0.2) is 29.5 Å². The lowest BCUT2D eigenvalue weighted by molar-refractivity contribution is -0.119. The maximum absolute atomic E-state index is 12.1. The molecule has 1 atom stereocenters. The Morgan fingerprint density at radius 2 is 1.77 bits per heavy atom. The maximum Gasteiger partial charge on any atom is 0.321 e. The molecule has 2 aromatic rings. The van der Waals surface area contributed by atoms with Gasteiger partial charge in [-0.2, -0.15) is 0 Å². The first-order valence-corrected chi connectivity index (χ1v) is 9.02. The van der Waals surface area contributed by atoms with E-state index in [0.29, 0.717) is 0 Å². The second-order valence-electron chi connectivity index (χ2n) is 6.48. The third-order valence-corrected chi connectivity index (χ3v) is 4.53. The molecule has 1 aliphatic carbocycles. The van der Waals surface area contributed by atoms with Crippen LogP contribution in [0.3, 0.4) is 0 Å². The molecule has 1 saturated carbocycles. The van der Waals surface area contributed by atoms with E-state index in [-0.39, 0.29) is 24.5 Å². The van der Waals surface area contributed by atoms with Crippen LogP contribution in [0.5, 0.6) is 0 Å². The van der Waals surface area contributed by atoms with Gasteiger partial charge in [-0.25, -0.2) is 4.79 Å². The molecule has 3 amide bonds. The summed E-state index contributed by atoms with van der Waals surface area (Å²) >= 11 is 0. The van der Waals surface area contributed by atoms with Crippen LogP contribution in [0.25, 0.3) is 0 Å². The minimum atomic E-state index is -0.419. The van der Waals surface area contributed by atoms with Gasteiger partial charge in [-0.05, 0) is 30.5 Å². The summed E-state index contributed by atoms with van der Waals surface area (Å²) in [5.41, 5.74) is 1.83. The van der Waals surface area contributed by atoms with Gasteiger partial charge in [-0.15, -0.1) is 0 Å². The van der Waals surface area contributed by atoms with Gasteiger partial charge in [-0.3, -0.25) is 20.4 Å². The van der Waals surface area contributed by atoms with E-state index in [0.717, 1.165) is 36.9 Å². The number of carbonyl (C=O) groups is 2. The van der Waals surface area contributed by atoms with Gasteiger partial charge < -0.3 is 5.32 Å². The molecule has 3 N–H and O–H groups in total. The van der Waals surface area contributed by atoms with E-state index < -0.39 is 6.03 Å². The topological polar surface area (TPSA) is 83.1 Å². The number of benzene rings is 1. The van der Waals surface area contributed by atoms with Crippen LogP contribution in [0.15, 0.2) is 54.7 Å². The van der Waals surface area contributed by atoms with Gasteiger partial charge in [-0.1, -0.05) is 49.2 Å². The molecular formula is C20H24N4O2. The number of nitrogens with one attached hydrogen (secondary N) is 3. The molecule has 0 radical (unpaired) electrons. The summed E-state index contributed by atoms with van der Waals surface area (Å²) in [4.78, 5) is 28.4. The van der Waals surface area contributed by atoms with Crippen molar-refractivity contribution in [1.82, 2.24) is 20.9 Å². The molecule has 1 fully saturated rings. The molecule has 26 heavy (non-hydrogen) atoms. The first-order chi connectivity index (χ1) is 12.7. The molecule has 1 aromatic carbocycles. The molecule has 6 nitrogen and oxygen atoms in total. The summed E-state index contributed by atoms with van der Waals surface area (Å²) < 4.78 is 0. The highest BCUT2D eigenvalue weighted by molar-refractivity contribution is 5.95. The number of aromatic nitrogens is 1. The molecule has 136 valence electrons. The van der Waals surface area contributed by atoms with E-state index in [2.05, 4.69) is 20.9 Å². The number of hydrogen-bond donors (Lipinski definition) is 3. The average molecular weight is 352 g/mol. The molecular weight excluding hydrogens is 328 g/mol. The Labute approximate surface area is 153 Å². The van der Waals surface area contributed by atoms with Crippen molar-refractivity contribution in [3.05, 3.63) is 66.0 Å². The van der Waals surface area contributed by atoms with Gasteiger partial charge in [0.1, 0.15) is 0 Å². The lowest BCUT2D eigenvalue weighted by Gasteiger charge is -2.19. The zero-order valence-electron chi connectivity index (χ0n) is 14.7. The maximum atomic E-state index is 12.1. The highest BCUT2D eigenvalue weighted by Crippen LogP contribution is 2.19. The fraction of sp³-hybridized carbons (Fsp3) is 0.350. The number of hydrogen-bond acceptors (Lipinski definition) is 4. The lowest BCUT2D eigenvalue weighted by atomic mass is 10.0. The number of urea groups is 1. The van der Waals surface area contributed by atoms with Crippen LogP contribution >= 0.6 is 0 Å². The Morgan fingerprint density at radius 3 is 2.46 bits per heavy atom. The van der Waals surface area contributed by atoms with Crippen molar-refractivity contribution in [1.29, 1.82) is 0 Å². The third-order valence-electron chi connectivity index (χ3n) is 4.53. The zero-order valence-corrected chi connectivity index (χ0v) is 14.7. The van der Waals surface area contributed by atoms with E-state index in [9.17, 15) is 9.59 Å². The second-order valence-corrected chi connectivity index (χ2v) is 6.48. The largest absolute Gasteiger partial charge is 0.335 e. The zero-order chi connectivity index (χ0) is 18.2. The van der Waals surface area contributed by atoms with Gasteiger partial charge in [0.25, 0.3) is 0 Å². The highest BCUT2D eigenvalue weighted by Gasteiger charge is 2.19. The molecule has 0 saturated heterocycles. The average Bonchev–Trinajstić information content (AvgIpc) is 3.16. The Morgan fingerprint density at radius 1 is 1.04 bits per heavy atom. The fourth-order valence-electron chi connectivity index (χ4n) is 3.24. The summed E-state index contributed by atoms with van der Waals surface area (Å²) in [6, 6.07) is 15.0. The first kappa shape index (κ1) is 18.1. The van der Waals surface area contributed by atoms with E-state index >= 15 is 0 Å². The van der Waals surface area contributed by atoms with Crippen LogP contribution in [0.2, 0.25) is 0 Å². The van der Waals surface area contributed by atoms with Crippen molar-refractivity contribution < 1.29 is 9.59 Å². The number of imide groups is 1. The summed E-state index contributed by atoms with van der Waals surface area (Å²) in [5.74, 6) is -0.364. The minimum Gasteiger partial charge on any atom is -0.335 e. The van der Waals surface area contributed by atoms with Crippen molar-refractivity contribution >= 4 is 11.9 Å². The summed E-state index contributed by atoms with van der Waals surface area (Å²) in [5, 5.41) is 8.44. The van der Waals surface area contributed by atoms with E-state index in [1.54, 1.807) is 6.20 Å². The molecule has 1 aromatic heterocycles. The Kier molecular flexibility index (Phi) is 6.33. The van der Waals surface area contributed by atoms with Gasteiger partial charge in [0.05, 0.1) is 18.3 Å². The van der Waals surface area contributed by atoms with Crippen molar-refractivity contribution in [2.75, 3.05) is 6.54 Å². The molecule has 1 aliphatic rings. The normalized spacial score (nSPS) is 15.4. The van der Waals surface area contributed by atoms with Crippen LogP contribution in [0, 0.1) is 0 Å². The van der Waals surface area contributed by atoms with Gasteiger partial charge in [0.15, 0.2) is 0 Å². The molecule has 0 spiro atoms. The van der Waals surface area contributed by atoms with Crippen LogP contribution in [0.4, 0.5) is 4.79 Å². The van der Waals surface area contributed by atoms with Gasteiger partial charge in [0.2, 0.25) is 5.91 Å². The molecule has 3 rings (SSSR count). The summed E-state index contributed by atoms with van der Waals surface area (Å²) in [6.07, 6.45) is 5.94. The Balaban J connectivity index is 1.57. The lowest BCUT2D eigenvalue weighted by Crippen LogP contribution is -2.46. The molecule has 6 heteroatoms. The molecule has 0 aliphatic heterocycles. The number of pyridine rings is 1. The number of carbonyl (C=O) groups excluding carboxylic acids is 2.